The molecule has 236 valence electrons. The van der Waals surface area contributed by atoms with Crippen LogP contribution in [0.4, 0.5) is 0 Å². The Morgan fingerprint density at radius 3 is 1.76 bits per heavy atom. The van der Waals surface area contributed by atoms with Crippen LogP contribution in [0.15, 0.2) is 0 Å². The summed E-state index contributed by atoms with van der Waals surface area (Å²) in [5, 5.41) is -0.139. The van der Waals surface area contributed by atoms with E-state index in [1.54, 1.807) is 0 Å². The van der Waals surface area contributed by atoms with Crippen LogP contribution >= 0.6 is 20.5 Å². The van der Waals surface area contributed by atoms with Gasteiger partial charge in [0.15, 0.2) is 11.2 Å². The fourth-order valence-electron chi connectivity index (χ4n) is 2.77. The van der Waals surface area contributed by atoms with Gasteiger partial charge in [0.1, 0.15) is 6.61 Å². The molecule has 0 heterocycles. The fraction of sp³-hybridized carbons (Fsp3) is 0.552. The van der Waals surface area contributed by atoms with E-state index in [1.165, 1.54) is 45.4 Å². The van der Waals surface area contributed by atoms with Crippen LogP contribution in [0.1, 0.15) is 97.3 Å². The summed E-state index contributed by atoms with van der Waals surface area (Å²) >= 11 is 3.33. The van der Waals surface area contributed by atoms with Crippen LogP contribution in [0, 0.1) is 59.7 Å². The predicted molar refractivity (Wildman–Crippen MR) is 169 cm³/mol. The number of hydrogen-bond donors (Lipinski definition) is 1. The van der Waals surface area contributed by atoms with Crippen molar-refractivity contribution in [2.24, 2.45) is 0 Å². The van der Waals surface area contributed by atoms with Gasteiger partial charge in [-0.15, -0.1) is 19.1 Å². The Bertz CT molecular complexity index is 1150. The minimum absolute atomic E-state index is 0. The standard InChI is InChI=1S/C27H33O8P.C2H4OS.2Na.9H2/c1-3-5-7-9-11-13-14-16-18-20-22-27(29)35-25(24-34-36(30,31)32)23-33-26(28)21-19-17-15-12-10-8-6-4-2;1-2(3)4;;;;;;;;;;;/h2,25H,3,5,7,9,11,13-14,16,18,20,22-24H2,1H3,(H2,30,31,32);1H3,(H,3,4);;;9*1H/q;;2*+1;;;;;;;;;/p-2/t25-;;;;;;;;;;;;/m1............/s1. The van der Waals surface area contributed by atoms with Crippen molar-refractivity contribution >= 4 is 37.5 Å². The van der Waals surface area contributed by atoms with E-state index in [-0.39, 0.29) is 83.5 Å². The number of ether oxygens (including phenoxy) is 2. The summed E-state index contributed by atoms with van der Waals surface area (Å²) in [7, 11) is -5.30. The topological polar surface area (TPSA) is 142 Å². The Balaban J connectivity index is -0.0000000828. The van der Waals surface area contributed by atoms with Gasteiger partial charge in [-0.05, 0) is 53.8 Å². The Morgan fingerprint density at radius 1 is 0.833 bits per heavy atom. The molecule has 0 saturated heterocycles. The molecule has 0 aromatic carbocycles. The first-order valence-corrected chi connectivity index (χ1v) is 14.6. The summed E-state index contributed by atoms with van der Waals surface area (Å²) in [4.78, 5) is 54.6. The Hall–Kier alpha value is -1.13. The largest absolute Gasteiger partial charge is 1.00 e. The van der Waals surface area contributed by atoms with E-state index >= 15 is 0 Å². The first-order valence-electron chi connectivity index (χ1n) is 12.7. The molecule has 0 rings (SSSR count). The van der Waals surface area contributed by atoms with Crippen molar-refractivity contribution in [1.82, 2.24) is 0 Å². The van der Waals surface area contributed by atoms with Crippen molar-refractivity contribution in [1.29, 1.82) is 0 Å². The molecule has 0 unspecified atom stereocenters. The van der Waals surface area contributed by atoms with Crippen LogP contribution in [0.3, 0.4) is 0 Å². The van der Waals surface area contributed by atoms with E-state index < -0.39 is 39.1 Å². The molecule has 0 aliphatic rings. The van der Waals surface area contributed by atoms with Crippen LogP contribution in [0.5, 0.6) is 0 Å². The zero-order chi connectivity index (χ0) is 30.5. The number of phosphoric acid groups is 1. The molecule has 42 heavy (non-hydrogen) atoms. The van der Waals surface area contributed by atoms with Crippen molar-refractivity contribution in [3.05, 3.63) is 0 Å². The Morgan fingerprint density at radius 2 is 1.29 bits per heavy atom. The maximum absolute atomic E-state index is 12.1. The van der Waals surface area contributed by atoms with Crippen LogP contribution in [0.2, 0.25) is 0 Å². The third kappa shape index (κ3) is 43.3. The van der Waals surface area contributed by atoms with Gasteiger partial charge in [0.05, 0.1) is 14.4 Å². The molecule has 0 aromatic heterocycles. The molecule has 0 aliphatic heterocycles. The van der Waals surface area contributed by atoms with Gasteiger partial charge in [-0.25, -0.2) is 4.79 Å². The summed E-state index contributed by atoms with van der Waals surface area (Å²) < 4.78 is 24.8. The van der Waals surface area contributed by atoms with Gasteiger partial charge in [0.25, 0.3) is 0 Å². The van der Waals surface area contributed by atoms with Crippen molar-refractivity contribution in [3.63, 3.8) is 0 Å². The number of esters is 2. The molecular weight excluding hydrogens is 601 g/mol. The normalized spacial score (nSPS) is 9.52. The molecule has 0 fully saturated rings. The molecule has 0 amide bonds. The van der Waals surface area contributed by atoms with Gasteiger partial charge >= 0.3 is 71.1 Å². The maximum Gasteiger partial charge on any atom is 1.00 e. The second-order valence-electron chi connectivity index (χ2n) is 8.05. The third-order valence-corrected chi connectivity index (χ3v) is 4.93. The maximum atomic E-state index is 12.1. The molecule has 0 saturated carbocycles. The zero-order valence-electron chi connectivity index (χ0n) is 24.9. The minimum atomic E-state index is -5.30. The Kier molecular flexibility index (Phi) is 39.1. The van der Waals surface area contributed by atoms with E-state index in [4.69, 9.17) is 15.9 Å². The number of thiol groups is 1. The van der Waals surface area contributed by atoms with Gasteiger partial charge in [-0.2, -0.15) is 0 Å². The predicted octanol–water partition coefficient (Wildman–Crippen LogP) is -1.07. The van der Waals surface area contributed by atoms with E-state index in [2.05, 4.69) is 77.4 Å². The first-order chi connectivity index (χ1) is 19.0. The summed E-state index contributed by atoms with van der Waals surface area (Å²) in [5.41, 5.74) is 0. The molecule has 0 aliphatic carbocycles. The average molecular weight is 655 g/mol. The summed E-state index contributed by atoms with van der Waals surface area (Å²) in [6.07, 6.45) is 14.7. The van der Waals surface area contributed by atoms with Gasteiger partial charge < -0.3 is 28.3 Å². The van der Waals surface area contributed by atoms with Crippen LogP contribution in [0.25, 0.3) is 0 Å². The number of rotatable bonds is 17. The molecule has 0 bridgehead atoms. The number of carbonyl (C=O) groups is 3. The number of unbranched alkanes of at least 4 members (excludes halogenated alkanes) is 9. The van der Waals surface area contributed by atoms with Crippen molar-refractivity contribution in [2.45, 2.75) is 90.6 Å². The molecule has 1 atom stereocenters. The van der Waals surface area contributed by atoms with E-state index in [9.17, 15) is 28.7 Å². The quantitative estimate of drug-likeness (QED) is 0.0395. The van der Waals surface area contributed by atoms with E-state index in [0.717, 1.165) is 19.3 Å². The first kappa shape index (κ1) is 47.8. The number of phosphoric ester groups is 1. The molecule has 13 heteroatoms. The summed E-state index contributed by atoms with van der Waals surface area (Å²) in [6, 6.07) is 0. The zero-order valence-corrected chi connectivity index (χ0v) is 30.7. The number of terminal acetylenes is 1. The van der Waals surface area contributed by atoms with Gasteiger partial charge in [-0.1, -0.05) is 64.7 Å². The monoisotopic (exact) mass is 654 g/mol. The average Bonchev–Trinajstić information content (AvgIpc) is 2.87. The second kappa shape index (κ2) is 34.4. The number of hydrogen-bond acceptors (Lipinski definition) is 9. The SMILES string of the molecule is C#CC#CC#CC#CC#CC(=O)OC[C@H](COP(=O)([O-])[O-])OC(=O)CCCCCCCCCCCC.CC(=O)S.[HH].[HH].[HH].[HH].[HH].[HH].[HH].[HH].[HH].[Na+].[Na+]. The molecular formula is C29H53Na2O9PS. The smallest absolute Gasteiger partial charge is 0.790 e. The molecule has 0 spiro atoms. The van der Waals surface area contributed by atoms with Gasteiger partial charge in [0.2, 0.25) is 0 Å². The van der Waals surface area contributed by atoms with Crippen LogP contribution in [-0.4, -0.2) is 36.4 Å². The van der Waals surface area contributed by atoms with Gasteiger partial charge in [-0.3, -0.25) is 9.59 Å². The van der Waals surface area contributed by atoms with Crippen LogP contribution < -0.4 is 68.9 Å². The van der Waals surface area contributed by atoms with Crippen molar-refractivity contribution < 1.29 is 115 Å². The van der Waals surface area contributed by atoms with E-state index in [1.807, 2.05) is 0 Å². The Labute approximate surface area is 313 Å². The molecule has 0 N–H and O–H groups in total. The third-order valence-electron chi connectivity index (χ3n) is 4.46. The minimum Gasteiger partial charge on any atom is -0.790 e. The van der Waals surface area contributed by atoms with Crippen molar-refractivity contribution in [3.8, 4) is 59.7 Å². The molecule has 0 radical (unpaired) electrons. The van der Waals surface area contributed by atoms with Gasteiger partial charge in [0, 0.05) is 32.1 Å². The molecule has 9 nitrogen and oxygen atoms in total. The summed E-state index contributed by atoms with van der Waals surface area (Å²) in [6.45, 7) is 2.25. The fourth-order valence-corrected chi connectivity index (χ4v) is 3.12. The second-order valence-corrected chi connectivity index (χ2v) is 9.83. The molecule has 0 aromatic rings. The number of carbonyl (C=O) groups excluding carboxylic acids is 3. The van der Waals surface area contributed by atoms with E-state index in [0.29, 0.717) is 6.42 Å². The summed E-state index contributed by atoms with van der Waals surface area (Å²) in [5.74, 6) is 18.6. The van der Waals surface area contributed by atoms with Crippen LogP contribution in [-0.2, 0) is 32.9 Å². The van der Waals surface area contributed by atoms with Crippen molar-refractivity contribution in [2.75, 3.05) is 13.2 Å².